The Morgan fingerprint density at radius 3 is 2.37 bits per heavy atom. The second-order valence-corrected chi connectivity index (χ2v) is 6.20. The summed E-state index contributed by atoms with van der Waals surface area (Å²) in [6.07, 6.45) is -3.28. The predicted octanol–water partition coefficient (Wildman–Crippen LogP) is 5.64. The van der Waals surface area contributed by atoms with Gasteiger partial charge in [0.15, 0.2) is 0 Å². The summed E-state index contributed by atoms with van der Waals surface area (Å²) in [6, 6.07) is 18.8. The molecular weight excluding hydrogens is 399 g/mol. The van der Waals surface area contributed by atoms with Crippen LogP contribution in [-0.2, 0) is 12.8 Å². The fourth-order valence-corrected chi connectivity index (χ4v) is 2.52. The zero-order valence-corrected chi connectivity index (χ0v) is 15.5. The molecule has 0 fully saturated rings. The van der Waals surface area contributed by atoms with E-state index >= 15 is 0 Å². The monoisotopic (exact) mass is 415 g/mol. The molecule has 0 atom stereocenters. The van der Waals surface area contributed by atoms with Gasteiger partial charge in [-0.1, -0.05) is 30.3 Å². The molecular formula is C21H16F3N3O3. The van der Waals surface area contributed by atoms with Gasteiger partial charge in [-0.25, -0.2) is 0 Å². The van der Waals surface area contributed by atoms with Crippen LogP contribution < -0.4 is 10.2 Å². The van der Waals surface area contributed by atoms with E-state index in [4.69, 9.17) is 4.74 Å². The van der Waals surface area contributed by atoms with Crippen molar-refractivity contribution in [1.29, 1.82) is 0 Å². The number of hydrogen-bond donors (Lipinski definition) is 1. The molecule has 0 saturated heterocycles. The first-order valence-corrected chi connectivity index (χ1v) is 8.74. The molecule has 0 bridgehead atoms. The number of nitro benzene ring substituents is 1. The molecule has 9 heteroatoms. The van der Waals surface area contributed by atoms with E-state index in [9.17, 15) is 23.3 Å². The third kappa shape index (κ3) is 5.57. The predicted molar refractivity (Wildman–Crippen MR) is 107 cm³/mol. The summed E-state index contributed by atoms with van der Waals surface area (Å²) in [7, 11) is 0. The SMILES string of the molecule is O=[N+]([O-])c1cc(C(F)(F)F)ccc1N/N=C\c1ccc(OCc2ccccc2)cc1. The number of hydrazone groups is 1. The summed E-state index contributed by atoms with van der Waals surface area (Å²) in [6.45, 7) is 0.424. The summed E-state index contributed by atoms with van der Waals surface area (Å²) < 4.78 is 43.9. The van der Waals surface area contributed by atoms with Gasteiger partial charge in [0.25, 0.3) is 5.69 Å². The molecule has 0 aliphatic heterocycles. The molecule has 0 aliphatic rings. The fraction of sp³-hybridized carbons (Fsp3) is 0.0952. The van der Waals surface area contributed by atoms with Crippen molar-refractivity contribution in [1.82, 2.24) is 0 Å². The average Bonchev–Trinajstić information content (AvgIpc) is 2.73. The number of anilines is 1. The molecule has 0 aromatic heterocycles. The van der Waals surface area contributed by atoms with E-state index in [1.54, 1.807) is 24.3 Å². The number of ether oxygens (including phenoxy) is 1. The van der Waals surface area contributed by atoms with Gasteiger partial charge >= 0.3 is 6.18 Å². The summed E-state index contributed by atoms with van der Waals surface area (Å²) in [5, 5.41) is 14.9. The third-order valence-electron chi connectivity index (χ3n) is 4.05. The van der Waals surface area contributed by atoms with Gasteiger partial charge in [-0.15, -0.1) is 0 Å². The maximum atomic E-state index is 12.7. The lowest BCUT2D eigenvalue weighted by Crippen LogP contribution is -2.06. The van der Waals surface area contributed by atoms with Gasteiger partial charge in [-0.3, -0.25) is 15.5 Å². The number of nitro groups is 1. The Balaban J connectivity index is 1.63. The molecule has 0 heterocycles. The van der Waals surface area contributed by atoms with Crippen LogP contribution in [0.1, 0.15) is 16.7 Å². The van der Waals surface area contributed by atoms with Gasteiger partial charge in [0.05, 0.1) is 16.7 Å². The normalized spacial score (nSPS) is 11.4. The highest BCUT2D eigenvalue weighted by atomic mass is 19.4. The Morgan fingerprint density at radius 2 is 1.73 bits per heavy atom. The van der Waals surface area contributed by atoms with E-state index in [2.05, 4.69) is 10.5 Å². The largest absolute Gasteiger partial charge is 0.489 e. The van der Waals surface area contributed by atoms with Gasteiger partial charge in [-0.2, -0.15) is 18.3 Å². The summed E-state index contributed by atoms with van der Waals surface area (Å²) in [5.74, 6) is 0.655. The molecule has 154 valence electrons. The highest BCUT2D eigenvalue weighted by Gasteiger charge is 2.33. The van der Waals surface area contributed by atoms with Crippen molar-refractivity contribution in [3.63, 3.8) is 0 Å². The Labute approximate surface area is 169 Å². The summed E-state index contributed by atoms with van der Waals surface area (Å²) in [4.78, 5) is 10.2. The number of nitrogens with one attached hydrogen (secondary N) is 1. The van der Waals surface area contributed by atoms with Crippen molar-refractivity contribution in [2.24, 2.45) is 5.10 Å². The van der Waals surface area contributed by atoms with Crippen LogP contribution in [0.2, 0.25) is 0 Å². The van der Waals surface area contributed by atoms with Crippen LogP contribution in [0.15, 0.2) is 77.9 Å². The number of hydrogen-bond acceptors (Lipinski definition) is 5. The van der Waals surface area contributed by atoms with Gasteiger partial charge in [0, 0.05) is 6.07 Å². The summed E-state index contributed by atoms with van der Waals surface area (Å²) >= 11 is 0. The molecule has 0 unspecified atom stereocenters. The lowest BCUT2D eigenvalue weighted by Gasteiger charge is -2.08. The molecule has 3 rings (SSSR count). The van der Waals surface area contributed by atoms with Crippen molar-refractivity contribution < 1.29 is 22.8 Å². The molecule has 3 aromatic rings. The average molecular weight is 415 g/mol. The van der Waals surface area contributed by atoms with Crippen LogP contribution in [0.25, 0.3) is 0 Å². The summed E-state index contributed by atoms with van der Waals surface area (Å²) in [5.41, 5.74) is 2.15. The minimum atomic E-state index is -4.67. The third-order valence-corrected chi connectivity index (χ3v) is 4.05. The Kier molecular flexibility index (Phi) is 6.31. The molecule has 0 amide bonds. The van der Waals surface area contributed by atoms with Crippen molar-refractivity contribution in [2.75, 3.05) is 5.43 Å². The standard InChI is InChI=1S/C21H16F3N3O3/c22-21(23,24)17-8-11-19(20(12-17)27(28)29)26-25-13-15-6-9-18(10-7-15)30-14-16-4-2-1-3-5-16/h1-13,26H,14H2/b25-13-. The van der Waals surface area contributed by atoms with Crippen molar-refractivity contribution in [3.8, 4) is 5.75 Å². The molecule has 0 spiro atoms. The zero-order chi connectivity index (χ0) is 21.6. The molecule has 0 aliphatic carbocycles. The molecule has 6 nitrogen and oxygen atoms in total. The second-order valence-electron chi connectivity index (χ2n) is 6.20. The van der Waals surface area contributed by atoms with Crippen LogP contribution >= 0.6 is 0 Å². The topological polar surface area (TPSA) is 76.8 Å². The smallest absolute Gasteiger partial charge is 0.416 e. The van der Waals surface area contributed by atoms with E-state index in [-0.39, 0.29) is 5.69 Å². The number of rotatable bonds is 7. The van der Waals surface area contributed by atoms with Crippen molar-refractivity contribution in [2.45, 2.75) is 12.8 Å². The van der Waals surface area contributed by atoms with Crippen molar-refractivity contribution in [3.05, 3.63) is 99.6 Å². The highest BCUT2D eigenvalue weighted by Crippen LogP contribution is 2.34. The van der Waals surface area contributed by atoms with Gasteiger partial charge in [0.2, 0.25) is 0 Å². The van der Waals surface area contributed by atoms with Crippen LogP contribution in [0.4, 0.5) is 24.5 Å². The molecule has 1 N–H and O–H groups in total. The van der Waals surface area contributed by atoms with Crippen LogP contribution in [0.5, 0.6) is 5.75 Å². The van der Waals surface area contributed by atoms with E-state index in [0.29, 0.717) is 24.0 Å². The van der Waals surface area contributed by atoms with Crippen molar-refractivity contribution >= 4 is 17.6 Å². The number of alkyl halides is 3. The first-order valence-electron chi connectivity index (χ1n) is 8.74. The maximum Gasteiger partial charge on any atom is 0.416 e. The molecule has 0 saturated carbocycles. The maximum absolute atomic E-state index is 12.7. The van der Waals surface area contributed by atoms with Crippen LogP contribution in [0.3, 0.4) is 0 Å². The molecule has 3 aromatic carbocycles. The van der Waals surface area contributed by atoms with Crippen LogP contribution in [-0.4, -0.2) is 11.1 Å². The first kappa shape index (κ1) is 20.8. The zero-order valence-electron chi connectivity index (χ0n) is 15.5. The minimum Gasteiger partial charge on any atom is -0.489 e. The number of benzene rings is 3. The number of nitrogens with zero attached hydrogens (tertiary/aromatic N) is 2. The molecule has 0 radical (unpaired) electrons. The lowest BCUT2D eigenvalue weighted by molar-refractivity contribution is -0.384. The quantitative estimate of drug-likeness (QED) is 0.308. The first-order chi connectivity index (χ1) is 14.3. The van der Waals surface area contributed by atoms with E-state index in [1.807, 2.05) is 30.3 Å². The number of halogens is 3. The van der Waals surface area contributed by atoms with Crippen LogP contribution in [0, 0.1) is 10.1 Å². The Hall–Kier alpha value is -3.88. The minimum absolute atomic E-state index is 0.146. The lowest BCUT2D eigenvalue weighted by atomic mass is 10.1. The van der Waals surface area contributed by atoms with E-state index in [0.717, 1.165) is 17.7 Å². The molecule has 30 heavy (non-hydrogen) atoms. The highest BCUT2D eigenvalue weighted by molar-refractivity contribution is 5.80. The second kappa shape index (κ2) is 9.08. The Bertz CT molecular complexity index is 1040. The van der Waals surface area contributed by atoms with E-state index in [1.165, 1.54) is 6.21 Å². The van der Waals surface area contributed by atoms with E-state index < -0.39 is 22.4 Å². The van der Waals surface area contributed by atoms with Gasteiger partial charge < -0.3 is 4.74 Å². The van der Waals surface area contributed by atoms with Gasteiger partial charge in [0.1, 0.15) is 18.0 Å². The fourth-order valence-electron chi connectivity index (χ4n) is 2.52. The van der Waals surface area contributed by atoms with Gasteiger partial charge in [-0.05, 0) is 47.5 Å². The Morgan fingerprint density at radius 1 is 1.03 bits per heavy atom.